The van der Waals surface area contributed by atoms with Crippen LogP contribution in [-0.4, -0.2) is 20.6 Å². The first kappa shape index (κ1) is 12.2. The maximum Gasteiger partial charge on any atom is 0.337 e. The molecule has 1 saturated carbocycles. The summed E-state index contributed by atoms with van der Waals surface area (Å²) in [5.74, 6) is -0.883. The number of fused-ring (bicyclic) bond motifs is 1. The van der Waals surface area contributed by atoms with Crippen LogP contribution >= 0.6 is 0 Å². The van der Waals surface area contributed by atoms with E-state index in [0.29, 0.717) is 11.0 Å². The molecule has 1 fully saturated rings. The summed E-state index contributed by atoms with van der Waals surface area (Å²) < 4.78 is 2.03. The molecule has 1 aromatic carbocycles. The van der Waals surface area contributed by atoms with Gasteiger partial charge in [0, 0.05) is 6.54 Å². The van der Waals surface area contributed by atoms with Crippen LogP contribution in [0.25, 0.3) is 11.0 Å². The Morgan fingerprint density at radius 1 is 1.47 bits per heavy atom. The first-order chi connectivity index (χ1) is 9.15. The first-order valence-electron chi connectivity index (χ1n) is 6.82. The van der Waals surface area contributed by atoms with Gasteiger partial charge in [-0.15, -0.1) is 0 Å². The minimum absolute atomic E-state index is 0.346. The van der Waals surface area contributed by atoms with Crippen LogP contribution in [0.15, 0.2) is 24.5 Å². The molecule has 0 saturated heterocycles. The molecule has 1 aliphatic carbocycles. The molecule has 1 aliphatic rings. The lowest BCUT2D eigenvalue weighted by Crippen LogP contribution is -2.33. The van der Waals surface area contributed by atoms with Gasteiger partial charge < -0.3 is 9.67 Å². The first-order valence-corrected chi connectivity index (χ1v) is 6.82. The average Bonchev–Trinajstić information content (AvgIpc) is 2.76. The van der Waals surface area contributed by atoms with Gasteiger partial charge in [-0.25, -0.2) is 9.78 Å². The second kappa shape index (κ2) is 4.37. The minimum atomic E-state index is -0.883. The van der Waals surface area contributed by atoms with E-state index in [1.54, 1.807) is 18.5 Å². The zero-order valence-electron chi connectivity index (χ0n) is 11.1. The standard InChI is InChI=1S/C15H18N2O2/c1-2-15(7-4-8-15)9-17-10-16-12-6-3-5-11(13(12)17)14(18)19/h3,5-6,10H,2,4,7-9H2,1H3,(H,18,19). The number of carbonyl (C=O) groups is 1. The Morgan fingerprint density at radius 3 is 2.84 bits per heavy atom. The molecule has 0 amide bonds. The van der Waals surface area contributed by atoms with Crippen LogP contribution in [-0.2, 0) is 6.54 Å². The summed E-state index contributed by atoms with van der Waals surface area (Å²) in [5.41, 5.74) is 2.22. The third-order valence-corrected chi connectivity index (χ3v) is 4.54. The van der Waals surface area contributed by atoms with E-state index < -0.39 is 5.97 Å². The maximum atomic E-state index is 11.3. The Bertz CT molecular complexity index is 621. The van der Waals surface area contributed by atoms with E-state index in [2.05, 4.69) is 11.9 Å². The normalized spacial score (nSPS) is 17.3. The number of imidazole rings is 1. The zero-order chi connectivity index (χ0) is 13.5. The Kier molecular flexibility index (Phi) is 2.81. The van der Waals surface area contributed by atoms with E-state index in [9.17, 15) is 9.90 Å². The summed E-state index contributed by atoms with van der Waals surface area (Å²) in [7, 11) is 0. The molecular formula is C15H18N2O2. The van der Waals surface area contributed by atoms with E-state index in [0.717, 1.165) is 24.0 Å². The van der Waals surface area contributed by atoms with Crippen molar-refractivity contribution in [1.29, 1.82) is 0 Å². The molecular weight excluding hydrogens is 240 g/mol. The fraction of sp³-hybridized carbons (Fsp3) is 0.467. The van der Waals surface area contributed by atoms with Crippen molar-refractivity contribution in [2.45, 2.75) is 39.2 Å². The molecule has 100 valence electrons. The van der Waals surface area contributed by atoms with Gasteiger partial charge in [0.1, 0.15) is 0 Å². The summed E-state index contributed by atoms with van der Waals surface area (Å²) in [6.07, 6.45) is 6.68. The number of benzene rings is 1. The second-order valence-electron chi connectivity index (χ2n) is 5.56. The molecule has 1 aromatic heterocycles. The van der Waals surface area contributed by atoms with E-state index in [4.69, 9.17) is 0 Å². The molecule has 19 heavy (non-hydrogen) atoms. The minimum Gasteiger partial charge on any atom is -0.478 e. The number of carboxylic acids is 1. The second-order valence-corrected chi connectivity index (χ2v) is 5.56. The van der Waals surface area contributed by atoms with Gasteiger partial charge >= 0.3 is 5.97 Å². The van der Waals surface area contributed by atoms with Crippen molar-refractivity contribution < 1.29 is 9.90 Å². The van der Waals surface area contributed by atoms with Crippen LogP contribution < -0.4 is 0 Å². The highest BCUT2D eigenvalue weighted by Crippen LogP contribution is 2.45. The molecule has 1 heterocycles. The number of nitrogens with zero attached hydrogens (tertiary/aromatic N) is 2. The van der Waals surface area contributed by atoms with E-state index in [1.807, 2.05) is 10.6 Å². The summed E-state index contributed by atoms with van der Waals surface area (Å²) in [4.78, 5) is 15.7. The highest BCUT2D eigenvalue weighted by Gasteiger charge is 2.35. The van der Waals surface area contributed by atoms with Crippen LogP contribution in [0.3, 0.4) is 0 Å². The van der Waals surface area contributed by atoms with E-state index in [1.165, 1.54) is 19.3 Å². The summed E-state index contributed by atoms with van der Waals surface area (Å²) in [5, 5.41) is 9.31. The van der Waals surface area contributed by atoms with E-state index >= 15 is 0 Å². The van der Waals surface area contributed by atoms with Crippen LogP contribution in [0, 0.1) is 5.41 Å². The SMILES string of the molecule is CCC1(Cn2cnc3cccc(C(=O)O)c32)CCC1. The zero-order valence-corrected chi connectivity index (χ0v) is 11.1. The molecule has 0 radical (unpaired) electrons. The van der Waals surface area contributed by atoms with Crippen LogP contribution in [0.5, 0.6) is 0 Å². The maximum absolute atomic E-state index is 11.3. The third kappa shape index (κ3) is 1.91. The molecule has 0 spiro atoms. The smallest absolute Gasteiger partial charge is 0.337 e. The molecule has 2 aromatic rings. The average molecular weight is 258 g/mol. The molecule has 1 N–H and O–H groups in total. The number of rotatable bonds is 4. The number of aromatic carboxylic acids is 1. The topological polar surface area (TPSA) is 55.1 Å². The van der Waals surface area contributed by atoms with Gasteiger partial charge in [-0.3, -0.25) is 0 Å². The van der Waals surface area contributed by atoms with Crippen molar-refractivity contribution >= 4 is 17.0 Å². The summed E-state index contributed by atoms with van der Waals surface area (Å²) >= 11 is 0. The van der Waals surface area contributed by atoms with Gasteiger partial charge in [-0.1, -0.05) is 19.4 Å². The van der Waals surface area contributed by atoms with Gasteiger partial charge in [-0.05, 0) is 36.8 Å². The van der Waals surface area contributed by atoms with Crippen molar-refractivity contribution in [3.8, 4) is 0 Å². The Hall–Kier alpha value is -1.84. The number of para-hydroxylation sites is 1. The van der Waals surface area contributed by atoms with Crippen molar-refractivity contribution in [1.82, 2.24) is 9.55 Å². The molecule has 0 aliphatic heterocycles. The van der Waals surface area contributed by atoms with Crippen molar-refractivity contribution in [2.75, 3.05) is 0 Å². The lowest BCUT2D eigenvalue weighted by Gasteiger charge is -2.41. The van der Waals surface area contributed by atoms with Crippen molar-refractivity contribution in [3.63, 3.8) is 0 Å². The van der Waals surface area contributed by atoms with Crippen molar-refractivity contribution in [3.05, 3.63) is 30.1 Å². The Balaban J connectivity index is 2.06. The van der Waals surface area contributed by atoms with Gasteiger partial charge in [-0.2, -0.15) is 0 Å². The Morgan fingerprint density at radius 2 is 2.26 bits per heavy atom. The predicted octanol–water partition coefficient (Wildman–Crippen LogP) is 3.31. The highest BCUT2D eigenvalue weighted by atomic mass is 16.4. The number of hydrogen-bond donors (Lipinski definition) is 1. The van der Waals surface area contributed by atoms with Gasteiger partial charge in [0.2, 0.25) is 0 Å². The molecule has 3 rings (SSSR count). The van der Waals surface area contributed by atoms with Gasteiger partial charge in [0.05, 0.1) is 22.9 Å². The van der Waals surface area contributed by atoms with Crippen LogP contribution in [0.2, 0.25) is 0 Å². The summed E-state index contributed by atoms with van der Waals surface area (Å²) in [6, 6.07) is 5.28. The molecule has 4 heteroatoms. The number of aromatic nitrogens is 2. The fourth-order valence-corrected chi connectivity index (χ4v) is 3.08. The fourth-order valence-electron chi connectivity index (χ4n) is 3.08. The lowest BCUT2D eigenvalue weighted by molar-refractivity contribution is 0.0697. The highest BCUT2D eigenvalue weighted by molar-refractivity contribution is 6.01. The number of carboxylic acid groups (broad SMARTS) is 1. The third-order valence-electron chi connectivity index (χ3n) is 4.54. The molecule has 0 unspecified atom stereocenters. The lowest BCUT2D eigenvalue weighted by atomic mass is 9.67. The molecule has 4 nitrogen and oxygen atoms in total. The quantitative estimate of drug-likeness (QED) is 0.915. The van der Waals surface area contributed by atoms with Crippen LogP contribution in [0.4, 0.5) is 0 Å². The van der Waals surface area contributed by atoms with E-state index in [-0.39, 0.29) is 0 Å². The predicted molar refractivity (Wildman–Crippen MR) is 73.3 cm³/mol. The number of hydrogen-bond acceptors (Lipinski definition) is 2. The monoisotopic (exact) mass is 258 g/mol. The molecule has 0 bridgehead atoms. The van der Waals surface area contributed by atoms with Gasteiger partial charge in [0.15, 0.2) is 0 Å². The van der Waals surface area contributed by atoms with Gasteiger partial charge in [0.25, 0.3) is 0 Å². The van der Waals surface area contributed by atoms with Crippen molar-refractivity contribution in [2.24, 2.45) is 5.41 Å². The molecule has 0 atom stereocenters. The Labute approximate surface area is 112 Å². The largest absolute Gasteiger partial charge is 0.478 e. The summed E-state index contributed by atoms with van der Waals surface area (Å²) in [6.45, 7) is 3.10. The van der Waals surface area contributed by atoms with Crippen LogP contribution in [0.1, 0.15) is 43.0 Å².